The Balaban J connectivity index is 3.20. The minimum Gasteiger partial charge on any atom is -0.503 e. The van der Waals surface area contributed by atoms with Crippen LogP contribution in [0, 0.1) is 0 Å². The lowest BCUT2D eigenvalue weighted by atomic mass is 10.2. The summed E-state index contributed by atoms with van der Waals surface area (Å²) in [5, 5.41) is 19.3. The highest BCUT2D eigenvalue weighted by atomic mass is 16.5. The van der Waals surface area contributed by atoms with E-state index in [9.17, 15) is 15.0 Å². The number of nitrogens with zero attached hydrogens (tertiary/aromatic N) is 2. The molecule has 1 aromatic rings. The van der Waals surface area contributed by atoms with E-state index in [1.54, 1.807) is 11.7 Å². The lowest BCUT2D eigenvalue weighted by Gasteiger charge is -2.21. The van der Waals surface area contributed by atoms with E-state index in [1.807, 2.05) is 19.0 Å². The second-order valence-electron chi connectivity index (χ2n) is 4.69. The van der Waals surface area contributed by atoms with E-state index in [0.29, 0.717) is 31.1 Å². The van der Waals surface area contributed by atoms with Crippen LogP contribution in [0.25, 0.3) is 0 Å². The summed E-state index contributed by atoms with van der Waals surface area (Å²) in [5.41, 5.74) is 0.581. The highest BCUT2D eigenvalue weighted by Crippen LogP contribution is 2.17. The summed E-state index contributed by atoms with van der Waals surface area (Å²) in [5.74, 6) is -0.247. The first-order valence-corrected chi connectivity index (χ1v) is 6.20. The van der Waals surface area contributed by atoms with E-state index in [4.69, 9.17) is 4.74 Å². The van der Waals surface area contributed by atoms with Gasteiger partial charge in [-0.3, -0.25) is 4.79 Å². The Labute approximate surface area is 112 Å². The second kappa shape index (κ2) is 7.28. The van der Waals surface area contributed by atoms with Crippen LogP contribution in [0.3, 0.4) is 0 Å². The van der Waals surface area contributed by atoms with E-state index >= 15 is 0 Å². The standard InChI is InChI=1S/C13H22N2O4/c1-14(2)8-11-13(18)12(17)7-10(9-16)15(11)5-4-6-19-3/h7,16,18H,4-6,8-9H2,1-3H3. The van der Waals surface area contributed by atoms with Gasteiger partial charge >= 0.3 is 0 Å². The molecule has 6 nitrogen and oxygen atoms in total. The van der Waals surface area contributed by atoms with Crippen molar-refractivity contribution in [3.63, 3.8) is 0 Å². The first kappa shape index (κ1) is 15.7. The molecule has 0 aliphatic rings. The van der Waals surface area contributed by atoms with E-state index in [0.717, 1.165) is 6.42 Å². The zero-order valence-corrected chi connectivity index (χ0v) is 11.7. The van der Waals surface area contributed by atoms with Crippen molar-refractivity contribution in [1.82, 2.24) is 9.47 Å². The average Bonchev–Trinajstić information content (AvgIpc) is 2.37. The van der Waals surface area contributed by atoms with Crippen LogP contribution in [0.15, 0.2) is 10.9 Å². The van der Waals surface area contributed by atoms with Gasteiger partial charge in [0.2, 0.25) is 5.43 Å². The molecule has 1 rings (SSSR count). The second-order valence-corrected chi connectivity index (χ2v) is 4.69. The van der Waals surface area contributed by atoms with Crippen LogP contribution in [-0.2, 0) is 24.4 Å². The van der Waals surface area contributed by atoms with Crippen molar-refractivity contribution in [2.75, 3.05) is 27.8 Å². The molecular weight excluding hydrogens is 248 g/mol. The molecule has 6 heteroatoms. The van der Waals surface area contributed by atoms with Crippen LogP contribution in [0.2, 0.25) is 0 Å². The molecule has 0 saturated heterocycles. The molecule has 0 aliphatic heterocycles. The quantitative estimate of drug-likeness (QED) is 0.690. The molecule has 19 heavy (non-hydrogen) atoms. The molecule has 0 aliphatic carbocycles. The van der Waals surface area contributed by atoms with Crippen molar-refractivity contribution < 1.29 is 14.9 Å². The van der Waals surface area contributed by atoms with Gasteiger partial charge in [-0.2, -0.15) is 0 Å². The summed E-state index contributed by atoms with van der Waals surface area (Å²) in [4.78, 5) is 13.5. The Bertz CT molecular complexity index is 468. The Morgan fingerprint density at radius 1 is 1.42 bits per heavy atom. The van der Waals surface area contributed by atoms with Crippen molar-refractivity contribution in [2.45, 2.75) is 26.1 Å². The third kappa shape index (κ3) is 4.05. The number of aliphatic hydroxyl groups is 1. The van der Waals surface area contributed by atoms with Crippen LogP contribution in [0.4, 0.5) is 0 Å². The normalized spacial score (nSPS) is 11.2. The lowest BCUT2D eigenvalue weighted by molar-refractivity contribution is 0.187. The van der Waals surface area contributed by atoms with Crippen LogP contribution in [-0.4, -0.2) is 47.5 Å². The topological polar surface area (TPSA) is 74.9 Å². The Morgan fingerprint density at radius 3 is 2.63 bits per heavy atom. The summed E-state index contributed by atoms with van der Waals surface area (Å²) in [6, 6.07) is 1.28. The third-order valence-electron chi connectivity index (χ3n) is 2.84. The molecule has 0 bridgehead atoms. The number of aromatic nitrogens is 1. The molecule has 1 heterocycles. The molecule has 0 atom stereocenters. The molecule has 108 valence electrons. The summed E-state index contributed by atoms with van der Waals surface area (Å²) in [7, 11) is 5.33. The summed E-state index contributed by atoms with van der Waals surface area (Å²) >= 11 is 0. The molecule has 0 fully saturated rings. The van der Waals surface area contributed by atoms with E-state index in [-0.39, 0.29) is 12.4 Å². The number of hydrogen-bond donors (Lipinski definition) is 2. The zero-order valence-electron chi connectivity index (χ0n) is 11.7. The predicted molar refractivity (Wildman–Crippen MR) is 72.2 cm³/mol. The van der Waals surface area contributed by atoms with E-state index < -0.39 is 5.43 Å². The van der Waals surface area contributed by atoms with Gasteiger partial charge in [0.1, 0.15) is 0 Å². The van der Waals surface area contributed by atoms with Crippen molar-refractivity contribution in [3.8, 4) is 5.75 Å². The molecule has 0 aromatic carbocycles. The van der Waals surface area contributed by atoms with Crippen molar-refractivity contribution >= 4 is 0 Å². The summed E-state index contributed by atoms with van der Waals surface area (Å²) < 4.78 is 6.79. The number of rotatable bonds is 7. The Hall–Kier alpha value is -1.37. The van der Waals surface area contributed by atoms with Gasteiger partial charge in [0.05, 0.1) is 12.3 Å². The van der Waals surface area contributed by atoms with Gasteiger partial charge in [-0.05, 0) is 20.5 Å². The molecule has 1 aromatic heterocycles. The molecule has 0 radical (unpaired) electrons. The SMILES string of the molecule is COCCCn1c(CO)cc(=O)c(O)c1CN(C)C. The minimum atomic E-state index is -0.455. The van der Waals surface area contributed by atoms with Crippen LogP contribution >= 0.6 is 0 Å². The number of ether oxygens (including phenoxy) is 1. The fourth-order valence-corrected chi connectivity index (χ4v) is 1.98. The molecule has 0 unspecified atom stereocenters. The largest absolute Gasteiger partial charge is 0.503 e. The van der Waals surface area contributed by atoms with Crippen molar-refractivity contribution in [2.24, 2.45) is 0 Å². The van der Waals surface area contributed by atoms with Gasteiger partial charge in [-0.25, -0.2) is 0 Å². The van der Waals surface area contributed by atoms with Gasteiger partial charge in [-0.1, -0.05) is 0 Å². The predicted octanol–water partition coefficient (Wildman–Crippen LogP) is 0.144. The number of aliphatic hydroxyl groups excluding tert-OH is 1. The van der Waals surface area contributed by atoms with Gasteiger partial charge < -0.3 is 24.4 Å². The molecule has 0 saturated carbocycles. The number of methoxy groups -OCH3 is 1. The van der Waals surface area contributed by atoms with Crippen LogP contribution in [0.1, 0.15) is 17.8 Å². The first-order valence-electron chi connectivity index (χ1n) is 6.20. The monoisotopic (exact) mass is 270 g/mol. The minimum absolute atomic E-state index is 0.233. The smallest absolute Gasteiger partial charge is 0.223 e. The van der Waals surface area contributed by atoms with E-state index in [1.165, 1.54) is 6.07 Å². The highest BCUT2D eigenvalue weighted by molar-refractivity contribution is 5.30. The molecular formula is C13H22N2O4. The maximum absolute atomic E-state index is 11.7. The molecule has 0 spiro atoms. The van der Waals surface area contributed by atoms with Crippen LogP contribution in [0.5, 0.6) is 5.75 Å². The summed E-state index contributed by atoms with van der Waals surface area (Å²) in [6.45, 7) is 1.37. The fourth-order valence-electron chi connectivity index (χ4n) is 1.98. The van der Waals surface area contributed by atoms with Gasteiger partial charge in [0, 0.05) is 38.6 Å². The van der Waals surface area contributed by atoms with Crippen molar-refractivity contribution in [1.29, 1.82) is 0 Å². The number of pyridine rings is 1. The maximum atomic E-state index is 11.7. The zero-order chi connectivity index (χ0) is 14.4. The average molecular weight is 270 g/mol. The van der Waals surface area contributed by atoms with Gasteiger partial charge in [-0.15, -0.1) is 0 Å². The Morgan fingerprint density at radius 2 is 2.11 bits per heavy atom. The van der Waals surface area contributed by atoms with E-state index in [2.05, 4.69) is 0 Å². The maximum Gasteiger partial charge on any atom is 0.223 e. The third-order valence-corrected chi connectivity index (χ3v) is 2.84. The van der Waals surface area contributed by atoms with Gasteiger partial charge in [0.15, 0.2) is 5.75 Å². The number of hydrogen-bond acceptors (Lipinski definition) is 5. The lowest BCUT2D eigenvalue weighted by Crippen LogP contribution is -2.23. The van der Waals surface area contributed by atoms with Crippen LogP contribution < -0.4 is 5.43 Å². The highest BCUT2D eigenvalue weighted by Gasteiger charge is 2.15. The Kier molecular flexibility index (Phi) is 6.01. The molecule has 0 amide bonds. The van der Waals surface area contributed by atoms with Gasteiger partial charge in [0.25, 0.3) is 0 Å². The number of aromatic hydroxyl groups is 1. The van der Waals surface area contributed by atoms with Crippen molar-refractivity contribution in [3.05, 3.63) is 27.7 Å². The molecule has 2 N–H and O–H groups in total. The fraction of sp³-hybridized carbons (Fsp3) is 0.615. The first-order chi connectivity index (χ1) is 9.01. The summed E-state index contributed by atoms with van der Waals surface area (Å²) in [6.07, 6.45) is 0.742.